The molecule has 2 N–H and O–H groups in total. The molecule has 2 aromatic heterocycles. The van der Waals surface area contributed by atoms with Crippen molar-refractivity contribution in [2.45, 2.75) is 6.92 Å². The second kappa shape index (κ2) is 5.86. The summed E-state index contributed by atoms with van der Waals surface area (Å²) in [5, 5.41) is 20.9. The maximum Gasteiger partial charge on any atom is 0.216 e. The predicted molar refractivity (Wildman–Crippen MR) is 96.7 cm³/mol. The lowest BCUT2D eigenvalue weighted by Gasteiger charge is -2.02. The van der Waals surface area contributed by atoms with Gasteiger partial charge < -0.3 is 0 Å². The minimum absolute atomic E-state index is 0.419. The van der Waals surface area contributed by atoms with Crippen LogP contribution in [0.1, 0.15) is 11.3 Å². The molecule has 2 heterocycles. The van der Waals surface area contributed by atoms with E-state index < -0.39 is 0 Å². The Morgan fingerprint density at radius 3 is 2.75 bits per heavy atom. The van der Waals surface area contributed by atoms with Crippen LogP contribution in [0.15, 0.2) is 53.6 Å². The van der Waals surface area contributed by atoms with Gasteiger partial charge in [0, 0.05) is 11.3 Å². The number of rotatable bonds is 3. The number of hydrogen-bond donors (Lipinski definition) is 2. The molecular weight excluding hydrogens is 320 g/mol. The van der Waals surface area contributed by atoms with E-state index in [4.69, 9.17) is 12.2 Å². The fourth-order valence-electron chi connectivity index (χ4n) is 2.58. The quantitative estimate of drug-likeness (QED) is 0.443. The summed E-state index contributed by atoms with van der Waals surface area (Å²) in [4.78, 5) is 0. The smallest absolute Gasteiger partial charge is 0.216 e. The van der Waals surface area contributed by atoms with E-state index in [0.29, 0.717) is 16.3 Å². The van der Waals surface area contributed by atoms with E-state index in [1.54, 1.807) is 10.9 Å². The summed E-state index contributed by atoms with van der Waals surface area (Å²) in [6.45, 7) is 1.93. The number of aryl methyl sites for hydroxylation is 1. The highest BCUT2D eigenvalue weighted by atomic mass is 32.1. The largest absolute Gasteiger partial charge is 0.282 e. The second-order valence-electron chi connectivity index (χ2n) is 5.41. The van der Waals surface area contributed by atoms with E-state index in [9.17, 15) is 0 Å². The van der Waals surface area contributed by atoms with Crippen molar-refractivity contribution in [2.24, 2.45) is 5.10 Å². The summed E-state index contributed by atoms with van der Waals surface area (Å²) in [5.41, 5.74) is 2.65. The normalized spacial score (nSPS) is 11.5. The van der Waals surface area contributed by atoms with Crippen molar-refractivity contribution in [2.75, 3.05) is 0 Å². The van der Waals surface area contributed by atoms with Crippen molar-refractivity contribution in [3.8, 4) is 11.5 Å². The van der Waals surface area contributed by atoms with Gasteiger partial charge in [0.25, 0.3) is 0 Å². The Morgan fingerprint density at radius 2 is 1.92 bits per heavy atom. The Morgan fingerprint density at radius 1 is 1.08 bits per heavy atom. The maximum atomic E-state index is 5.28. The first kappa shape index (κ1) is 14.5. The van der Waals surface area contributed by atoms with Gasteiger partial charge in [0.15, 0.2) is 0 Å². The molecule has 0 radical (unpaired) electrons. The van der Waals surface area contributed by atoms with Crippen molar-refractivity contribution < 1.29 is 0 Å². The Hall–Kier alpha value is -3.06. The molecule has 0 atom stereocenters. The van der Waals surface area contributed by atoms with Crippen LogP contribution < -0.4 is 0 Å². The Bertz CT molecular complexity index is 1100. The summed E-state index contributed by atoms with van der Waals surface area (Å²) in [6, 6.07) is 16.2. The zero-order valence-electron chi connectivity index (χ0n) is 12.9. The average molecular weight is 334 g/mol. The van der Waals surface area contributed by atoms with E-state index in [-0.39, 0.29) is 0 Å². The van der Waals surface area contributed by atoms with Gasteiger partial charge in [-0.15, -0.1) is 0 Å². The lowest BCUT2D eigenvalue weighted by molar-refractivity contribution is 0.865. The molecule has 0 saturated carbocycles. The van der Waals surface area contributed by atoms with Crippen molar-refractivity contribution in [1.29, 1.82) is 0 Å². The molecule has 4 aromatic rings. The molecule has 6 nitrogen and oxygen atoms in total. The van der Waals surface area contributed by atoms with E-state index in [2.05, 4.69) is 43.7 Å². The summed E-state index contributed by atoms with van der Waals surface area (Å²) in [5.74, 6) is 0.570. The van der Waals surface area contributed by atoms with E-state index >= 15 is 0 Å². The van der Waals surface area contributed by atoms with Gasteiger partial charge in [-0.25, -0.2) is 5.10 Å². The number of H-pyrrole nitrogens is 2. The molecule has 0 aliphatic rings. The Labute approximate surface area is 142 Å². The van der Waals surface area contributed by atoms with Crippen LogP contribution in [-0.4, -0.2) is 31.3 Å². The first-order valence-electron chi connectivity index (χ1n) is 7.44. The molecule has 2 aromatic carbocycles. The predicted octanol–water partition coefficient (Wildman–Crippen LogP) is 3.67. The molecule has 4 rings (SSSR count). The molecule has 0 spiro atoms. The molecular formula is C17H14N6S. The summed E-state index contributed by atoms with van der Waals surface area (Å²) >= 11 is 5.28. The molecule has 118 valence electrons. The van der Waals surface area contributed by atoms with E-state index in [0.717, 1.165) is 16.6 Å². The number of aromatic nitrogens is 5. The number of nitrogens with zero attached hydrogens (tertiary/aromatic N) is 4. The van der Waals surface area contributed by atoms with Crippen LogP contribution in [0.2, 0.25) is 0 Å². The standard InChI is InChI=1S/C17H14N6S/c1-11-9-15(20-19-11)16-21-22-17(24)23(16)18-10-13-7-4-6-12-5-2-3-8-14(12)13/h2-10H,1H3,(H,19,20)(H,22,24)/b18-10+. The molecule has 0 aliphatic carbocycles. The van der Waals surface area contributed by atoms with Crippen LogP contribution in [0.25, 0.3) is 22.3 Å². The molecule has 0 saturated heterocycles. The van der Waals surface area contributed by atoms with Gasteiger partial charge in [0.2, 0.25) is 10.6 Å². The average Bonchev–Trinajstić information content (AvgIpc) is 3.18. The van der Waals surface area contributed by atoms with Crippen molar-refractivity contribution in [1.82, 2.24) is 25.1 Å². The summed E-state index contributed by atoms with van der Waals surface area (Å²) in [7, 11) is 0. The number of benzene rings is 2. The van der Waals surface area contributed by atoms with Gasteiger partial charge in [0.05, 0.1) is 6.21 Å². The third-order valence-corrected chi connectivity index (χ3v) is 3.99. The highest BCUT2D eigenvalue weighted by molar-refractivity contribution is 7.71. The Kier molecular flexibility index (Phi) is 3.55. The van der Waals surface area contributed by atoms with Gasteiger partial charge in [-0.2, -0.15) is 20.0 Å². The summed E-state index contributed by atoms with van der Waals surface area (Å²) in [6.07, 6.45) is 1.79. The minimum Gasteiger partial charge on any atom is -0.282 e. The molecule has 0 fully saturated rings. The van der Waals surface area contributed by atoms with Crippen LogP contribution in [0.3, 0.4) is 0 Å². The number of fused-ring (bicyclic) bond motifs is 1. The number of hydrogen-bond acceptors (Lipinski definition) is 4. The zero-order chi connectivity index (χ0) is 16.5. The van der Waals surface area contributed by atoms with Crippen LogP contribution in [0, 0.1) is 11.7 Å². The van der Waals surface area contributed by atoms with Crippen molar-refractivity contribution >= 4 is 29.2 Å². The molecule has 0 bridgehead atoms. The van der Waals surface area contributed by atoms with E-state index in [1.165, 1.54) is 5.39 Å². The van der Waals surface area contributed by atoms with Gasteiger partial charge >= 0.3 is 0 Å². The highest BCUT2D eigenvalue weighted by Crippen LogP contribution is 2.18. The molecule has 7 heteroatoms. The van der Waals surface area contributed by atoms with Crippen LogP contribution in [-0.2, 0) is 0 Å². The van der Waals surface area contributed by atoms with E-state index in [1.807, 2.05) is 37.3 Å². The topological polar surface area (TPSA) is 74.7 Å². The third kappa shape index (κ3) is 2.55. The van der Waals surface area contributed by atoms with Crippen molar-refractivity contribution in [3.05, 3.63) is 64.6 Å². The van der Waals surface area contributed by atoms with Crippen LogP contribution in [0.4, 0.5) is 0 Å². The number of aromatic amines is 2. The number of nitrogens with one attached hydrogen (secondary N) is 2. The maximum absolute atomic E-state index is 5.28. The van der Waals surface area contributed by atoms with Gasteiger partial charge in [-0.1, -0.05) is 42.5 Å². The molecule has 0 unspecified atom stereocenters. The fraction of sp³-hybridized carbons (Fsp3) is 0.0588. The fourth-order valence-corrected chi connectivity index (χ4v) is 2.76. The van der Waals surface area contributed by atoms with Gasteiger partial charge in [0.1, 0.15) is 5.69 Å². The van der Waals surface area contributed by atoms with Gasteiger partial charge in [-0.05, 0) is 36.0 Å². The molecule has 0 amide bonds. The highest BCUT2D eigenvalue weighted by Gasteiger charge is 2.11. The van der Waals surface area contributed by atoms with Gasteiger partial charge in [-0.3, -0.25) is 5.10 Å². The lowest BCUT2D eigenvalue weighted by Crippen LogP contribution is -1.95. The lowest BCUT2D eigenvalue weighted by atomic mass is 10.1. The van der Waals surface area contributed by atoms with Crippen molar-refractivity contribution in [3.63, 3.8) is 0 Å². The monoisotopic (exact) mass is 334 g/mol. The third-order valence-electron chi connectivity index (χ3n) is 3.72. The minimum atomic E-state index is 0.419. The van der Waals surface area contributed by atoms with Crippen LogP contribution >= 0.6 is 12.2 Å². The van der Waals surface area contributed by atoms with Crippen LogP contribution in [0.5, 0.6) is 0 Å². The molecule has 0 aliphatic heterocycles. The summed E-state index contributed by atoms with van der Waals surface area (Å²) < 4.78 is 1.99. The second-order valence-corrected chi connectivity index (χ2v) is 5.80. The first-order valence-corrected chi connectivity index (χ1v) is 7.85. The first-order chi connectivity index (χ1) is 11.7. The zero-order valence-corrected chi connectivity index (χ0v) is 13.7. The molecule has 24 heavy (non-hydrogen) atoms. The Balaban J connectivity index is 1.79. The SMILES string of the molecule is Cc1cc(-c2n[nH]c(=S)n2/N=C/c2cccc3ccccc23)n[nH]1.